The minimum atomic E-state index is 0.494. The summed E-state index contributed by atoms with van der Waals surface area (Å²) in [6.07, 6.45) is 11.4. The largest absolute Gasteiger partial charge is 0.367 e. The van der Waals surface area contributed by atoms with Crippen LogP contribution in [0.5, 0.6) is 0 Å². The van der Waals surface area contributed by atoms with Crippen LogP contribution in [0.15, 0.2) is 35.5 Å². The molecule has 0 radical (unpaired) electrons. The molecule has 1 saturated heterocycles. The standard InChI is InChI=1S/C21H29N3/c1-2-3-6-20-19(5-4-11-23-20)16-7-8-21-17(14-16)10-13-24(21)18-9-12-22-15-18/h4,7-8,11,14,18-19,22H,2-3,5-6,9-10,12-13,15H2,1H3. The normalized spacial score (nSPS) is 25.9. The molecule has 3 heteroatoms. The summed E-state index contributed by atoms with van der Waals surface area (Å²) in [6, 6.07) is 7.91. The Bertz CT molecular complexity index is 640. The predicted octanol–water partition coefficient (Wildman–Crippen LogP) is 4.04. The third-order valence-electron chi connectivity index (χ3n) is 5.82. The van der Waals surface area contributed by atoms with Crippen molar-refractivity contribution in [2.75, 3.05) is 24.5 Å². The van der Waals surface area contributed by atoms with Crippen LogP contribution in [0.25, 0.3) is 0 Å². The molecular formula is C21H29N3. The van der Waals surface area contributed by atoms with E-state index < -0.39 is 0 Å². The van der Waals surface area contributed by atoms with Gasteiger partial charge in [-0.15, -0.1) is 0 Å². The first-order valence-corrected chi connectivity index (χ1v) is 9.68. The fourth-order valence-corrected chi connectivity index (χ4v) is 4.45. The summed E-state index contributed by atoms with van der Waals surface area (Å²) in [5.41, 5.74) is 5.88. The summed E-state index contributed by atoms with van der Waals surface area (Å²) in [5.74, 6) is 0.494. The number of benzene rings is 1. The van der Waals surface area contributed by atoms with Gasteiger partial charge in [-0.2, -0.15) is 0 Å². The molecule has 1 aromatic carbocycles. The van der Waals surface area contributed by atoms with Gasteiger partial charge in [-0.05, 0) is 55.8 Å². The van der Waals surface area contributed by atoms with Crippen LogP contribution in [-0.2, 0) is 6.42 Å². The van der Waals surface area contributed by atoms with Crippen LogP contribution in [0.3, 0.4) is 0 Å². The molecule has 0 amide bonds. The van der Waals surface area contributed by atoms with E-state index in [1.54, 1.807) is 5.56 Å². The van der Waals surface area contributed by atoms with E-state index in [0.29, 0.717) is 12.0 Å². The number of nitrogens with one attached hydrogen (secondary N) is 1. The summed E-state index contributed by atoms with van der Waals surface area (Å²) in [5, 5.41) is 3.50. The molecule has 3 nitrogen and oxygen atoms in total. The van der Waals surface area contributed by atoms with Gasteiger partial charge >= 0.3 is 0 Å². The van der Waals surface area contributed by atoms with Crippen molar-refractivity contribution in [1.82, 2.24) is 5.32 Å². The van der Waals surface area contributed by atoms with Crippen LogP contribution in [0.1, 0.15) is 56.1 Å². The first-order chi connectivity index (χ1) is 11.9. The molecule has 128 valence electrons. The lowest BCUT2D eigenvalue weighted by Gasteiger charge is -2.27. The Labute approximate surface area is 145 Å². The van der Waals surface area contributed by atoms with Crippen LogP contribution >= 0.6 is 0 Å². The van der Waals surface area contributed by atoms with Gasteiger partial charge in [-0.25, -0.2) is 0 Å². The van der Waals surface area contributed by atoms with Gasteiger partial charge in [-0.1, -0.05) is 31.6 Å². The van der Waals surface area contributed by atoms with Crippen LogP contribution in [0, 0.1) is 0 Å². The SMILES string of the molecule is CCCCC1=NC=CCC1c1ccc2c(c1)CCN2C1CCNC1. The smallest absolute Gasteiger partial charge is 0.0426 e. The number of allylic oxidation sites excluding steroid dienone is 1. The molecule has 1 N–H and O–H groups in total. The number of anilines is 1. The zero-order valence-electron chi connectivity index (χ0n) is 14.8. The Balaban J connectivity index is 1.55. The molecular weight excluding hydrogens is 294 g/mol. The molecule has 0 saturated carbocycles. The second-order valence-corrected chi connectivity index (χ2v) is 7.38. The summed E-state index contributed by atoms with van der Waals surface area (Å²) in [4.78, 5) is 7.34. The predicted molar refractivity (Wildman–Crippen MR) is 102 cm³/mol. The lowest BCUT2D eigenvalue weighted by molar-refractivity contribution is 0.654. The maximum absolute atomic E-state index is 4.71. The van der Waals surface area contributed by atoms with Gasteiger partial charge in [0.25, 0.3) is 0 Å². The molecule has 0 aromatic heterocycles. The third kappa shape index (κ3) is 3.02. The van der Waals surface area contributed by atoms with Crippen molar-refractivity contribution >= 4 is 11.4 Å². The van der Waals surface area contributed by atoms with Gasteiger partial charge in [0.05, 0.1) is 0 Å². The fraction of sp³-hybridized carbons (Fsp3) is 0.571. The number of rotatable bonds is 5. The summed E-state index contributed by atoms with van der Waals surface area (Å²) in [6.45, 7) is 5.76. The van der Waals surface area contributed by atoms with Crippen LogP contribution < -0.4 is 10.2 Å². The Morgan fingerprint density at radius 2 is 2.29 bits per heavy atom. The molecule has 3 aliphatic rings. The van der Waals surface area contributed by atoms with Crippen LogP contribution in [0.4, 0.5) is 5.69 Å². The second-order valence-electron chi connectivity index (χ2n) is 7.38. The van der Waals surface area contributed by atoms with E-state index in [2.05, 4.69) is 41.4 Å². The highest BCUT2D eigenvalue weighted by Crippen LogP contribution is 2.35. The quantitative estimate of drug-likeness (QED) is 0.885. The molecule has 0 bridgehead atoms. The number of unbranched alkanes of at least 4 members (excludes halogenated alkanes) is 1. The first kappa shape index (κ1) is 15.9. The van der Waals surface area contributed by atoms with Gasteiger partial charge in [0.15, 0.2) is 0 Å². The summed E-state index contributed by atoms with van der Waals surface area (Å²) >= 11 is 0. The fourth-order valence-electron chi connectivity index (χ4n) is 4.45. The van der Waals surface area contributed by atoms with E-state index in [0.717, 1.165) is 19.4 Å². The lowest BCUT2D eigenvalue weighted by Crippen LogP contribution is -2.35. The average Bonchev–Trinajstić information content (AvgIpc) is 3.28. The monoisotopic (exact) mass is 323 g/mol. The highest BCUT2D eigenvalue weighted by Gasteiger charge is 2.29. The Hall–Kier alpha value is -1.61. The topological polar surface area (TPSA) is 27.6 Å². The molecule has 0 aliphatic carbocycles. The van der Waals surface area contributed by atoms with Crippen molar-refractivity contribution in [3.8, 4) is 0 Å². The molecule has 1 fully saturated rings. The van der Waals surface area contributed by atoms with E-state index >= 15 is 0 Å². The molecule has 2 atom stereocenters. The van der Waals surface area contributed by atoms with E-state index in [-0.39, 0.29) is 0 Å². The van der Waals surface area contributed by atoms with Gasteiger partial charge < -0.3 is 10.2 Å². The van der Waals surface area contributed by atoms with Crippen molar-refractivity contribution < 1.29 is 0 Å². The van der Waals surface area contributed by atoms with E-state index in [9.17, 15) is 0 Å². The molecule has 2 unspecified atom stereocenters. The lowest BCUT2D eigenvalue weighted by atomic mass is 9.86. The molecule has 24 heavy (non-hydrogen) atoms. The van der Waals surface area contributed by atoms with Crippen LogP contribution in [0.2, 0.25) is 0 Å². The zero-order valence-corrected chi connectivity index (χ0v) is 14.8. The average molecular weight is 323 g/mol. The van der Waals surface area contributed by atoms with Crippen LogP contribution in [-0.4, -0.2) is 31.4 Å². The minimum Gasteiger partial charge on any atom is -0.367 e. The van der Waals surface area contributed by atoms with Crippen molar-refractivity contribution in [2.45, 2.75) is 57.4 Å². The number of hydrogen-bond donors (Lipinski definition) is 1. The Kier molecular flexibility index (Phi) is 4.70. The molecule has 0 spiro atoms. The van der Waals surface area contributed by atoms with E-state index in [4.69, 9.17) is 4.99 Å². The minimum absolute atomic E-state index is 0.494. The maximum atomic E-state index is 4.71. The highest BCUT2D eigenvalue weighted by atomic mass is 15.2. The maximum Gasteiger partial charge on any atom is 0.0426 e. The highest BCUT2D eigenvalue weighted by molar-refractivity contribution is 5.92. The Morgan fingerprint density at radius 3 is 3.12 bits per heavy atom. The molecule has 1 aromatic rings. The van der Waals surface area contributed by atoms with Crippen molar-refractivity contribution in [1.29, 1.82) is 0 Å². The van der Waals surface area contributed by atoms with Gasteiger partial charge in [0.1, 0.15) is 0 Å². The van der Waals surface area contributed by atoms with E-state index in [1.807, 2.05) is 6.20 Å². The molecule has 3 aliphatic heterocycles. The first-order valence-electron chi connectivity index (χ1n) is 9.68. The van der Waals surface area contributed by atoms with Crippen molar-refractivity contribution in [3.63, 3.8) is 0 Å². The van der Waals surface area contributed by atoms with Gasteiger partial charge in [-0.3, -0.25) is 4.99 Å². The molecule has 4 rings (SSSR count). The summed E-state index contributed by atoms with van der Waals surface area (Å²) < 4.78 is 0. The second kappa shape index (κ2) is 7.10. The summed E-state index contributed by atoms with van der Waals surface area (Å²) in [7, 11) is 0. The Morgan fingerprint density at radius 1 is 1.33 bits per heavy atom. The molecule has 3 heterocycles. The van der Waals surface area contributed by atoms with Crippen molar-refractivity contribution in [3.05, 3.63) is 41.6 Å². The third-order valence-corrected chi connectivity index (χ3v) is 5.82. The van der Waals surface area contributed by atoms with Crippen molar-refractivity contribution in [2.24, 2.45) is 4.99 Å². The van der Waals surface area contributed by atoms with Gasteiger partial charge in [0, 0.05) is 42.6 Å². The van der Waals surface area contributed by atoms with Gasteiger partial charge in [0.2, 0.25) is 0 Å². The number of nitrogens with zero attached hydrogens (tertiary/aromatic N) is 2. The number of hydrogen-bond acceptors (Lipinski definition) is 3. The van der Waals surface area contributed by atoms with E-state index in [1.165, 1.54) is 55.7 Å². The number of aliphatic imine (C=N–C) groups is 1. The number of fused-ring (bicyclic) bond motifs is 1. The zero-order chi connectivity index (χ0) is 16.4.